The van der Waals surface area contributed by atoms with Crippen LogP contribution < -0.4 is 51.4 Å². The Hall–Kier alpha value is 1.51. The molecule has 92 valence electrons. The van der Waals surface area contributed by atoms with Crippen LogP contribution in [0, 0.1) is 0 Å². The normalized spacial score (nSPS) is 15.2. The minimum atomic E-state index is -4.14. The Morgan fingerprint density at radius 1 is 1.19 bits per heavy atom. The van der Waals surface area contributed by atoms with Crippen LogP contribution in [0.25, 0.3) is 0 Å². The number of aliphatic hydroxyl groups excluding tert-OH is 1. The van der Waals surface area contributed by atoms with Crippen LogP contribution in [0.3, 0.4) is 0 Å². The molecule has 6 heteroatoms. The largest absolute Gasteiger partial charge is 1.00 e. The summed E-state index contributed by atoms with van der Waals surface area (Å²) in [6.07, 6.45) is 3.36. The van der Waals surface area contributed by atoms with Gasteiger partial charge in [0.25, 0.3) is 0 Å². The molecule has 0 radical (unpaired) electrons. The van der Waals surface area contributed by atoms with Gasteiger partial charge in [-0.3, -0.25) is 0 Å². The van der Waals surface area contributed by atoms with Crippen molar-refractivity contribution in [2.45, 2.75) is 63.7 Å². The maximum absolute atomic E-state index is 10.8. The summed E-state index contributed by atoms with van der Waals surface area (Å²) < 4.78 is 32.5. The van der Waals surface area contributed by atoms with Crippen molar-refractivity contribution in [2.24, 2.45) is 0 Å². The molecule has 0 aliphatic rings. The number of hydrogen-bond donors (Lipinski definition) is 1. The van der Waals surface area contributed by atoms with Gasteiger partial charge in [-0.25, -0.2) is 8.42 Å². The standard InChI is InChI=1S/C10H22O4S.K/c1-3-6-10(15(12,13)14)8-5-4-7-9(2)11;/h9-11H,3-8H2,1-2H3,(H,12,13,14);/q;+1/p-1. The van der Waals surface area contributed by atoms with Crippen LogP contribution in [0.1, 0.15) is 52.4 Å². The van der Waals surface area contributed by atoms with Gasteiger partial charge in [0.15, 0.2) is 0 Å². The molecule has 0 aromatic rings. The summed E-state index contributed by atoms with van der Waals surface area (Å²) in [5.41, 5.74) is 0. The maximum Gasteiger partial charge on any atom is 1.00 e. The summed E-state index contributed by atoms with van der Waals surface area (Å²) in [5, 5.41) is 8.26. The van der Waals surface area contributed by atoms with Gasteiger partial charge in [-0.05, 0) is 26.2 Å². The molecule has 0 aromatic heterocycles. The zero-order valence-electron chi connectivity index (χ0n) is 10.5. The molecule has 0 amide bonds. The average molecular weight is 276 g/mol. The number of rotatable bonds is 8. The Bertz CT molecular complexity index is 252. The topological polar surface area (TPSA) is 77.4 Å². The molecule has 0 saturated carbocycles. The fourth-order valence-corrected chi connectivity index (χ4v) is 2.55. The minimum Gasteiger partial charge on any atom is -0.748 e. The molecule has 0 heterocycles. The van der Waals surface area contributed by atoms with E-state index in [2.05, 4.69) is 0 Å². The van der Waals surface area contributed by atoms with Crippen molar-refractivity contribution in [3.63, 3.8) is 0 Å². The quantitative estimate of drug-likeness (QED) is 0.338. The molecule has 4 nitrogen and oxygen atoms in total. The van der Waals surface area contributed by atoms with Crippen LogP contribution in [0.4, 0.5) is 0 Å². The molecular weight excluding hydrogens is 255 g/mol. The molecule has 0 rings (SSSR count). The van der Waals surface area contributed by atoms with Crippen molar-refractivity contribution in [1.29, 1.82) is 0 Å². The SMILES string of the molecule is CCCC(CCCCC(C)O)S(=O)(=O)[O-].[K+]. The predicted molar refractivity (Wildman–Crippen MR) is 58.5 cm³/mol. The van der Waals surface area contributed by atoms with Crippen molar-refractivity contribution in [3.8, 4) is 0 Å². The first-order chi connectivity index (χ1) is 6.88. The minimum absolute atomic E-state index is 0. The van der Waals surface area contributed by atoms with Crippen LogP contribution in [-0.2, 0) is 10.1 Å². The maximum atomic E-state index is 10.8. The summed E-state index contributed by atoms with van der Waals surface area (Å²) in [4.78, 5) is 0. The van der Waals surface area contributed by atoms with E-state index in [1.165, 1.54) is 0 Å². The average Bonchev–Trinajstić information content (AvgIpc) is 2.08. The third kappa shape index (κ3) is 10.6. The third-order valence-electron chi connectivity index (χ3n) is 2.42. The van der Waals surface area contributed by atoms with Crippen molar-refractivity contribution in [2.75, 3.05) is 0 Å². The number of unbranched alkanes of at least 4 members (excludes halogenated alkanes) is 1. The first-order valence-corrected chi connectivity index (χ1v) is 6.97. The molecule has 0 aliphatic carbocycles. The van der Waals surface area contributed by atoms with Gasteiger partial charge < -0.3 is 9.66 Å². The predicted octanol–water partition coefficient (Wildman–Crippen LogP) is -1.35. The van der Waals surface area contributed by atoms with Gasteiger partial charge in [-0.2, -0.15) is 0 Å². The first kappa shape index (κ1) is 19.8. The van der Waals surface area contributed by atoms with Gasteiger partial charge >= 0.3 is 51.4 Å². The molecule has 0 saturated heterocycles. The molecule has 2 atom stereocenters. The van der Waals surface area contributed by atoms with E-state index in [0.29, 0.717) is 32.1 Å². The summed E-state index contributed by atoms with van der Waals surface area (Å²) in [6.45, 7) is 3.57. The number of hydrogen-bond acceptors (Lipinski definition) is 4. The van der Waals surface area contributed by atoms with E-state index in [-0.39, 0.29) is 57.5 Å². The summed E-state index contributed by atoms with van der Waals surface area (Å²) in [5.74, 6) is 0. The second-order valence-electron chi connectivity index (χ2n) is 4.04. The Labute approximate surface area is 141 Å². The van der Waals surface area contributed by atoms with Gasteiger partial charge in [0.05, 0.1) is 16.2 Å². The summed E-state index contributed by atoms with van der Waals surface area (Å²) in [6, 6.07) is 0. The third-order valence-corrected chi connectivity index (χ3v) is 3.70. The van der Waals surface area contributed by atoms with Gasteiger partial charge in [-0.15, -0.1) is 0 Å². The molecule has 0 spiro atoms. The monoisotopic (exact) mass is 276 g/mol. The fourth-order valence-electron chi connectivity index (χ4n) is 1.57. The first-order valence-electron chi connectivity index (χ1n) is 5.50. The van der Waals surface area contributed by atoms with Crippen LogP contribution in [-0.4, -0.2) is 29.4 Å². The Morgan fingerprint density at radius 3 is 2.06 bits per heavy atom. The molecule has 2 unspecified atom stereocenters. The van der Waals surface area contributed by atoms with Crippen molar-refractivity contribution >= 4 is 10.1 Å². The molecule has 0 bridgehead atoms. The van der Waals surface area contributed by atoms with Gasteiger partial charge in [0.1, 0.15) is 0 Å². The number of aliphatic hydroxyl groups is 1. The van der Waals surface area contributed by atoms with Crippen molar-refractivity contribution < 1.29 is 69.5 Å². The Morgan fingerprint density at radius 2 is 1.69 bits per heavy atom. The Kier molecular flexibility index (Phi) is 12.9. The van der Waals surface area contributed by atoms with Crippen LogP contribution in [0.15, 0.2) is 0 Å². The molecule has 0 fully saturated rings. The molecule has 0 aromatic carbocycles. The van der Waals surface area contributed by atoms with Crippen molar-refractivity contribution in [1.82, 2.24) is 0 Å². The molecule has 16 heavy (non-hydrogen) atoms. The summed E-state index contributed by atoms with van der Waals surface area (Å²) >= 11 is 0. The van der Waals surface area contributed by atoms with E-state index in [9.17, 15) is 13.0 Å². The molecular formula is C10H21KO4S. The summed E-state index contributed by atoms with van der Waals surface area (Å²) in [7, 11) is -4.14. The van der Waals surface area contributed by atoms with Gasteiger partial charge in [-0.1, -0.05) is 26.2 Å². The second-order valence-corrected chi connectivity index (χ2v) is 5.69. The van der Waals surface area contributed by atoms with Crippen LogP contribution in [0.2, 0.25) is 0 Å². The van der Waals surface area contributed by atoms with E-state index >= 15 is 0 Å². The second kappa shape index (κ2) is 10.4. The zero-order valence-corrected chi connectivity index (χ0v) is 14.4. The molecule has 0 aliphatic heterocycles. The van der Waals surface area contributed by atoms with Crippen LogP contribution in [0.5, 0.6) is 0 Å². The van der Waals surface area contributed by atoms with E-state index in [1.54, 1.807) is 6.92 Å². The van der Waals surface area contributed by atoms with Gasteiger partial charge in [0, 0.05) is 5.25 Å². The Balaban J connectivity index is 0. The van der Waals surface area contributed by atoms with E-state index in [1.807, 2.05) is 6.92 Å². The zero-order chi connectivity index (χ0) is 11.9. The molecule has 1 N–H and O–H groups in total. The van der Waals surface area contributed by atoms with Crippen LogP contribution >= 0.6 is 0 Å². The van der Waals surface area contributed by atoms with E-state index in [0.717, 1.165) is 6.42 Å². The smallest absolute Gasteiger partial charge is 0.748 e. The van der Waals surface area contributed by atoms with Crippen molar-refractivity contribution in [3.05, 3.63) is 0 Å². The van der Waals surface area contributed by atoms with E-state index < -0.39 is 15.4 Å². The fraction of sp³-hybridized carbons (Fsp3) is 1.00. The van der Waals surface area contributed by atoms with Gasteiger partial charge in [0.2, 0.25) is 0 Å². The van der Waals surface area contributed by atoms with E-state index in [4.69, 9.17) is 5.11 Å².